The third-order valence-electron chi connectivity index (χ3n) is 6.71. The average molecular weight is 555 g/mol. The summed E-state index contributed by atoms with van der Waals surface area (Å²) in [6, 6.07) is 5.24. The van der Waals surface area contributed by atoms with E-state index in [1.165, 1.54) is 40.9 Å². The molecule has 0 aliphatic carbocycles. The molecule has 0 saturated carbocycles. The number of amides is 3. The van der Waals surface area contributed by atoms with Crippen molar-refractivity contribution >= 4 is 43.7 Å². The molecule has 3 N–H and O–H groups in total. The van der Waals surface area contributed by atoms with Crippen LogP contribution >= 0.6 is 11.8 Å². The Kier molecular flexibility index (Phi) is 10.5. The zero-order valence-corrected chi connectivity index (χ0v) is 24.1. The summed E-state index contributed by atoms with van der Waals surface area (Å²) in [4.78, 5) is 49.4. The molecule has 13 heteroatoms. The molecular weight excluding hydrogens is 516 g/mol. The monoisotopic (exact) mass is 554 g/mol. The molecule has 1 aromatic rings. The number of nitrogens with one attached hydrogen (secondary N) is 1. The highest BCUT2D eigenvalue weighted by atomic mass is 32.2. The van der Waals surface area contributed by atoms with Crippen molar-refractivity contribution in [3.05, 3.63) is 39.9 Å². The summed E-state index contributed by atoms with van der Waals surface area (Å²) in [7, 11) is -2.16. The normalized spacial score (nSPS) is 18.8. The largest absolute Gasteiger partial charge is 0.445 e. The first kappa shape index (κ1) is 30.6. The molecule has 0 spiro atoms. The number of carbonyl (C=O) groups excluding carboxylic acids is 3. The summed E-state index contributed by atoms with van der Waals surface area (Å²) < 4.78 is 12.1. The molecule has 1 fully saturated rings. The molecule has 1 aliphatic rings. The minimum atomic E-state index is -2.16. The van der Waals surface area contributed by atoms with Crippen molar-refractivity contribution in [2.45, 2.75) is 76.3 Å². The number of likely N-dealkylation sites (tertiary alicyclic amines) is 1. The standard InChI is InChI=1S/C24H38N4O7SSi/c1-7-36-21(22(30)26-13-20(25)29)19-12-18(35-37(5,6)24(2,3)4)14-27(19)23(31)34-15-16-8-10-17(11-9-16)28(32)33/h8-11,18-19,21H,7,12-15H2,1-6H3,(H2,25,29)(H,26,30). The van der Waals surface area contributed by atoms with Gasteiger partial charge in [0, 0.05) is 18.7 Å². The first-order valence-corrected chi connectivity index (χ1v) is 16.1. The maximum atomic E-state index is 13.2. The van der Waals surface area contributed by atoms with E-state index in [2.05, 4.69) is 39.2 Å². The molecule has 2 rings (SSSR count). The number of hydrogen-bond acceptors (Lipinski definition) is 8. The van der Waals surface area contributed by atoms with Crippen LogP contribution in [0.4, 0.5) is 10.5 Å². The minimum Gasteiger partial charge on any atom is -0.445 e. The lowest BCUT2D eigenvalue weighted by Crippen LogP contribution is -2.49. The maximum Gasteiger partial charge on any atom is 0.410 e. The second kappa shape index (κ2) is 12.7. The summed E-state index contributed by atoms with van der Waals surface area (Å²) in [5, 5.41) is 12.8. The fourth-order valence-corrected chi connectivity index (χ4v) is 6.19. The predicted octanol–water partition coefficient (Wildman–Crippen LogP) is 3.42. The van der Waals surface area contributed by atoms with Crippen LogP contribution in [-0.4, -0.2) is 72.3 Å². The minimum absolute atomic E-state index is 0.0389. The van der Waals surface area contributed by atoms with Crippen molar-refractivity contribution in [3.8, 4) is 0 Å². The number of benzene rings is 1. The van der Waals surface area contributed by atoms with E-state index < -0.39 is 36.5 Å². The fourth-order valence-electron chi connectivity index (χ4n) is 3.76. The highest BCUT2D eigenvalue weighted by Crippen LogP contribution is 2.40. The predicted molar refractivity (Wildman–Crippen MR) is 145 cm³/mol. The van der Waals surface area contributed by atoms with Gasteiger partial charge in [-0.1, -0.05) is 27.7 Å². The third kappa shape index (κ3) is 8.43. The van der Waals surface area contributed by atoms with Gasteiger partial charge >= 0.3 is 6.09 Å². The highest BCUT2D eigenvalue weighted by molar-refractivity contribution is 8.00. The Balaban J connectivity index is 2.24. The van der Waals surface area contributed by atoms with Crippen molar-refractivity contribution in [3.63, 3.8) is 0 Å². The summed E-state index contributed by atoms with van der Waals surface area (Å²) in [5.74, 6) is -0.416. The molecule has 37 heavy (non-hydrogen) atoms. The zero-order chi connectivity index (χ0) is 28.0. The summed E-state index contributed by atoms with van der Waals surface area (Å²) >= 11 is 1.38. The number of non-ortho nitro benzene ring substituents is 1. The van der Waals surface area contributed by atoms with Gasteiger partial charge in [0.05, 0.1) is 23.6 Å². The Morgan fingerprint density at radius 1 is 1.27 bits per heavy atom. The number of nitrogens with two attached hydrogens (primary N) is 1. The molecule has 0 aromatic heterocycles. The Morgan fingerprint density at radius 3 is 2.41 bits per heavy atom. The van der Waals surface area contributed by atoms with Gasteiger partial charge in [0.25, 0.3) is 5.69 Å². The van der Waals surface area contributed by atoms with Crippen molar-refractivity contribution in [1.29, 1.82) is 0 Å². The summed E-state index contributed by atoms with van der Waals surface area (Å²) in [6.07, 6.45) is -0.434. The van der Waals surface area contributed by atoms with Crippen LogP contribution in [0, 0.1) is 10.1 Å². The van der Waals surface area contributed by atoms with E-state index >= 15 is 0 Å². The van der Waals surface area contributed by atoms with Crippen LogP contribution in [0.15, 0.2) is 24.3 Å². The number of ether oxygens (including phenoxy) is 1. The number of thioether (sulfide) groups is 1. The van der Waals surface area contributed by atoms with Crippen molar-refractivity contribution in [1.82, 2.24) is 10.2 Å². The first-order chi connectivity index (χ1) is 17.2. The molecule has 3 amide bonds. The maximum absolute atomic E-state index is 13.2. The Bertz CT molecular complexity index is 984. The molecule has 11 nitrogen and oxygen atoms in total. The van der Waals surface area contributed by atoms with E-state index in [0.717, 1.165) is 0 Å². The van der Waals surface area contributed by atoms with Crippen LogP contribution in [0.3, 0.4) is 0 Å². The van der Waals surface area contributed by atoms with Gasteiger partial charge in [-0.3, -0.25) is 19.7 Å². The van der Waals surface area contributed by atoms with Crippen molar-refractivity contribution < 1.29 is 28.5 Å². The smallest absolute Gasteiger partial charge is 0.410 e. The van der Waals surface area contributed by atoms with E-state index in [1.54, 1.807) is 0 Å². The zero-order valence-electron chi connectivity index (χ0n) is 22.3. The number of nitrogens with zero attached hydrogens (tertiary/aromatic N) is 2. The van der Waals surface area contributed by atoms with Gasteiger partial charge in [-0.2, -0.15) is 0 Å². The summed E-state index contributed by atoms with van der Waals surface area (Å²) in [5.41, 5.74) is 5.74. The van der Waals surface area contributed by atoms with Gasteiger partial charge in [-0.15, -0.1) is 11.8 Å². The molecular formula is C24H38N4O7SSi. The van der Waals surface area contributed by atoms with Crippen LogP contribution in [0.2, 0.25) is 18.1 Å². The lowest BCUT2D eigenvalue weighted by molar-refractivity contribution is -0.384. The molecule has 3 unspecified atom stereocenters. The Labute approximate surface area is 223 Å². The van der Waals surface area contributed by atoms with E-state index in [4.69, 9.17) is 14.9 Å². The average Bonchev–Trinajstić information content (AvgIpc) is 3.21. The van der Waals surface area contributed by atoms with Crippen LogP contribution < -0.4 is 11.1 Å². The summed E-state index contributed by atoms with van der Waals surface area (Å²) in [6.45, 7) is 12.5. The van der Waals surface area contributed by atoms with Crippen LogP contribution in [0.1, 0.15) is 39.7 Å². The first-order valence-electron chi connectivity index (χ1n) is 12.2. The number of nitro benzene ring substituents is 1. The van der Waals surface area contributed by atoms with Gasteiger partial charge in [0.2, 0.25) is 11.8 Å². The number of hydrogen-bond donors (Lipinski definition) is 2. The van der Waals surface area contributed by atoms with Crippen LogP contribution in [0.25, 0.3) is 0 Å². The van der Waals surface area contributed by atoms with Crippen LogP contribution in [-0.2, 0) is 25.4 Å². The fraction of sp³-hybridized carbons (Fsp3) is 0.625. The number of carbonyl (C=O) groups is 3. The molecule has 206 valence electrons. The van der Waals surface area contributed by atoms with Crippen molar-refractivity contribution in [2.24, 2.45) is 5.73 Å². The molecule has 0 radical (unpaired) electrons. The lowest BCUT2D eigenvalue weighted by Gasteiger charge is -2.38. The Morgan fingerprint density at radius 2 is 1.89 bits per heavy atom. The molecule has 1 heterocycles. The van der Waals surface area contributed by atoms with E-state index in [1.807, 2.05) is 6.92 Å². The van der Waals surface area contributed by atoms with Gasteiger partial charge < -0.3 is 25.1 Å². The topological polar surface area (TPSA) is 154 Å². The van der Waals surface area contributed by atoms with Gasteiger partial charge in [0.1, 0.15) is 11.9 Å². The second-order valence-electron chi connectivity index (χ2n) is 10.5. The SMILES string of the molecule is CCSC(C(=O)NCC(N)=O)C1CC(O[Si](C)(C)C(C)(C)C)CN1C(=O)OCc1ccc([N+](=O)[O-])cc1. The molecule has 1 aromatic carbocycles. The van der Waals surface area contributed by atoms with Gasteiger partial charge in [-0.05, 0) is 48.0 Å². The van der Waals surface area contributed by atoms with Crippen molar-refractivity contribution in [2.75, 3.05) is 18.8 Å². The Hall–Kier alpha value is -2.64. The number of rotatable bonds is 11. The highest BCUT2D eigenvalue weighted by Gasteiger charge is 2.47. The lowest BCUT2D eigenvalue weighted by atomic mass is 10.1. The van der Waals surface area contributed by atoms with E-state index in [0.29, 0.717) is 17.7 Å². The van der Waals surface area contributed by atoms with E-state index in [9.17, 15) is 24.5 Å². The second-order valence-corrected chi connectivity index (χ2v) is 16.7. The molecule has 0 bridgehead atoms. The quantitative estimate of drug-likeness (QED) is 0.240. The van der Waals surface area contributed by atoms with E-state index in [-0.39, 0.29) is 42.4 Å². The third-order valence-corrected chi connectivity index (χ3v) is 12.5. The number of primary amides is 1. The number of nitro groups is 1. The van der Waals surface area contributed by atoms with Crippen LogP contribution in [0.5, 0.6) is 0 Å². The van der Waals surface area contributed by atoms with Gasteiger partial charge in [0.15, 0.2) is 8.32 Å². The van der Waals surface area contributed by atoms with Gasteiger partial charge in [-0.25, -0.2) is 4.79 Å². The molecule has 1 saturated heterocycles. The molecule has 1 aliphatic heterocycles. The molecule has 3 atom stereocenters.